The molecule has 2 rings (SSSR count). The van der Waals surface area contributed by atoms with E-state index in [0.29, 0.717) is 5.56 Å². The van der Waals surface area contributed by atoms with Crippen molar-refractivity contribution >= 4 is 5.97 Å². The molecule has 0 bridgehead atoms. The summed E-state index contributed by atoms with van der Waals surface area (Å²) in [6, 6.07) is 3.53. The summed E-state index contributed by atoms with van der Waals surface area (Å²) in [6.07, 6.45) is 2.54. The average molecular weight is 191 g/mol. The lowest BCUT2D eigenvalue weighted by Gasteiger charge is -2.28. The van der Waals surface area contributed by atoms with Crippen LogP contribution in [0.25, 0.3) is 0 Å². The summed E-state index contributed by atoms with van der Waals surface area (Å²) in [5.74, 6) is -0.0352. The first-order chi connectivity index (χ1) is 6.74. The van der Waals surface area contributed by atoms with E-state index in [9.17, 15) is 4.79 Å². The summed E-state index contributed by atoms with van der Waals surface area (Å²) in [5, 5.41) is 0. The number of hydrogen-bond donors (Lipinski definition) is 0. The van der Waals surface area contributed by atoms with Crippen molar-refractivity contribution in [3.05, 3.63) is 29.6 Å². The van der Waals surface area contributed by atoms with Crippen LogP contribution in [-0.4, -0.2) is 17.1 Å². The highest BCUT2D eigenvalue weighted by molar-refractivity contribution is 5.91. The second-order valence-electron chi connectivity index (χ2n) is 3.58. The summed E-state index contributed by atoms with van der Waals surface area (Å²) in [7, 11) is 0. The summed E-state index contributed by atoms with van der Waals surface area (Å²) in [4.78, 5) is 15.8. The van der Waals surface area contributed by atoms with Gasteiger partial charge in [0, 0.05) is 12.1 Å². The molecule has 3 heteroatoms. The fourth-order valence-electron chi connectivity index (χ4n) is 1.87. The van der Waals surface area contributed by atoms with Gasteiger partial charge in [0.05, 0.1) is 11.3 Å². The van der Waals surface area contributed by atoms with Crippen LogP contribution in [0.4, 0.5) is 0 Å². The standard InChI is InChI=1S/C11H13NO2/c1-3-9-7(2)10-8(11(13)14-9)5-4-6-12-10/h4-7,9H,3H2,1-2H3/t7-,9-/m1/s1. The number of rotatable bonds is 1. The first kappa shape index (κ1) is 9.19. The number of nitrogens with zero attached hydrogens (tertiary/aromatic N) is 1. The van der Waals surface area contributed by atoms with Gasteiger partial charge in [0.25, 0.3) is 0 Å². The highest BCUT2D eigenvalue weighted by Crippen LogP contribution is 2.30. The largest absolute Gasteiger partial charge is 0.458 e. The maximum atomic E-state index is 11.5. The van der Waals surface area contributed by atoms with Crippen LogP contribution < -0.4 is 0 Å². The van der Waals surface area contributed by atoms with Crippen molar-refractivity contribution in [1.29, 1.82) is 0 Å². The highest BCUT2D eigenvalue weighted by atomic mass is 16.5. The molecule has 1 aromatic rings. The zero-order chi connectivity index (χ0) is 10.1. The summed E-state index contributed by atoms with van der Waals surface area (Å²) in [5.41, 5.74) is 1.49. The molecule has 0 radical (unpaired) electrons. The predicted octanol–water partition coefficient (Wildman–Crippen LogP) is 2.13. The van der Waals surface area contributed by atoms with Gasteiger partial charge in [-0.2, -0.15) is 0 Å². The van der Waals surface area contributed by atoms with Crippen LogP contribution in [0.1, 0.15) is 42.2 Å². The van der Waals surface area contributed by atoms with Crippen LogP contribution in [0.2, 0.25) is 0 Å². The topological polar surface area (TPSA) is 39.2 Å². The van der Waals surface area contributed by atoms with Gasteiger partial charge >= 0.3 is 5.97 Å². The molecule has 1 aliphatic heterocycles. The van der Waals surface area contributed by atoms with Crippen LogP contribution in [0, 0.1) is 0 Å². The Bertz CT molecular complexity index is 362. The Morgan fingerprint density at radius 3 is 3.07 bits per heavy atom. The first-order valence-corrected chi connectivity index (χ1v) is 4.90. The molecular formula is C11H13NO2. The number of cyclic esters (lactones) is 1. The Balaban J connectivity index is 2.46. The number of ether oxygens (including phenoxy) is 1. The average Bonchev–Trinajstić information content (AvgIpc) is 2.23. The van der Waals surface area contributed by atoms with E-state index in [-0.39, 0.29) is 18.0 Å². The molecule has 0 spiro atoms. The van der Waals surface area contributed by atoms with Gasteiger partial charge in [-0.3, -0.25) is 4.98 Å². The second kappa shape index (κ2) is 3.40. The van der Waals surface area contributed by atoms with Gasteiger partial charge in [0.2, 0.25) is 0 Å². The fraction of sp³-hybridized carbons (Fsp3) is 0.455. The van der Waals surface area contributed by atoms with E-state index in [2.05, 4.69) is 4.98 Å². The highest BCUT2D eigenvalue weighted by Gasteiger charge is 2.32. The zero-order valence-corrected chi connectivity index (χ0v) is 8.36. The van der Waals surface area contributed by atoms with E-state index in [1.54, 1.807) is 18.3 Å². The molecular weight excluding hydrogens is 178 g/mol. The molecule has 3 nitrogen and oxygen atoms in total. The minimum atomic E-state index is -0.238. The van der Waals surface area contributed by atoms with Gasteiger partial charge in [-0.25, -0.2) is 4.79 Å². The number of carbonyl (C=O) groups excluding carboxylic acids is 1. The molecule has 2 heterocycles. The lowest BCUT2D eigenvalue weighted by Crippen LogP contribution is -2.31. The van der Waals surface area contributed by atoms with Gasteiger partial charge in [-0.15, -0.1) is 0 Å². The van der Waals surface area contributed by atoms with Gasteiger partial charge < -0.3 is 4.74 Å². The van der Waals surface area contributed by atoms with E-state index in [4.69, 9.17) is 4.74 Å². The fourth-order valence-corrected chi connectivity index (χ4v) is 1.87. The molecule has 74 valence electrons. The van der Waals surface area contributed by atoms with Crippen LogP contribution in [0.5, 0.6) is 0 Å². The second-order valence-corrected chi connectivity index (χ2v) is 3.58. The third-order valence-electron chi connectivity index (χ3n) is 2.71. The normalized spacial score (nSPS) is 25.4. The molecule has 1 aliphatic rings. The van der Waals surface area contributed by atoms with E-state index >= 15 is 0 Å². The number of pyridine rings is 1. The molecule has 0 saturated carbocycles. The minimum Gasteiger partial charge on any atom is -0.458 e. The van der Waals surface area contributed by atoms with E-state index in [1.165, 1.54) is 0 Å². The van der Waals surface area contributed by atoms with Gasteiger partial charge in [0.1, 0.15) is 6.10 Å². The van der Waals surface area contributed by atoms with Crippen molar-refractivity contribution in [2.75, 3.05) is 0 Å². The SMILES string of the molecule is CC[C@H]1OC(=O)c2cccnc2[C@@H]1C. The van der Waals surface area contributed by atoms with Crippen molar-refractivity contribution in [3.8, 4) is 0 Å². The molecule has 0 unspecified atom stereocenters. The van der Waals surface area contributed by atoms with Crippen molar-refractivity contribution in [2.45, 2.75) is 32.3 Å². The van der Waals surface area contributed by atoms with Crippen LogP contribution >= 0.6 is 0 Å². The quantitative estimate of drug-likeness (QED) is 0.638. The Morgan fingerprint density at radius 1 is 1.57 bits per heavy atom. The number of esters is 1. The molecule has 14 heavy (non-hydrogen) atoms. The van der Waals surface area contributed by atoms with Gasteiger partial charge in [0.15, 0.2) is 0 Å². The van der Waals surface area contributed by atoms with Crippen LogP contribution in [0.3, 0.4) is 0 Å². The number of carbonyl (C=O) groups is 1. The summed E-state index contributed by atoms with van der Waals surface area (Å²) in [6.45, 7) is 4.06. The zero-order valence-electron chi connectivity index (χ0n) is 8.36. The Morgan fingerprint density at radius 2 is 2.36 bits per heavy atom. The molecule has 0 aliphatic carbocycles. The predicted molar refractivity (Wildman–Crippen MR) is 52.1 cm³/mol. The molecule has 0 amide bonds. The molecule has 0 aromatic carbocycles. The van der Waals surface area contributed by atoms with Crippen LogP contribution in [0.15, 0.2) is 18.3 Å². The Hall–Kier alpha value is -1.38. The molecule has 0 fully saturated rings. The number of aromatic nitrogens is 1. The smallest absolute Gasteiger partial charge is 0.340 e. The van der Waals surface area contributed by atoms with Crippen molar-refractivity contribution in [2.24, 2.45) is 0 Å². The summed E-state index contributed by atoms with van der Waals surface area (Å²) >= 11 is 0. The van der Waals surface area contributed by atoms with Crippen molar-refractivity contribution in [1.82, 2.24) is 4.98 Å². The van der Waals surface area contributed by atoms with E-state index < -0.39 is 0 Å². The molecule has 0 N–H and O–H groups in total. The first-order valence-electron chi connectivity index (χ1n) is 4.90. The maximum absolute atomic E-state index is 11.5. The van der Waals surface area contributed by atoms with Crippen molar-refractivity contribution < 1.29 is 9.53 Å². The van der Waals surface area contributed by atoms with Crippen molar-refractivity contribution in [3.63, 3.8) is 0 Å². The Labute approximate surface area is 83.1 Å². The lowest BCUT2D eigenvalue weighted by molar-refractivity contribution is 0.0174. The minimum absolute atomic E-state index is 0.0232. The molecule has 0 saturated heterocycles. The Kier molecular flexibility index (Phi) is 2.23. The molecule has 1 aromatic heterocycles. The van der Waals surface area contributed by atoms with Gasteiger partial charge in [-0.1, -0.05) is 13.8 Å². The van der Waals surface area contributed by atoms with Gasteiger partial charge in [-0.05, 0) is 18.6 Å². The maximum Gasteiger partial charge on any atom is 0.340 e. The summed E-state index contributed by atoms with van der Waals surface area (Å²) < 4.78 is 5.30. The van der Waals surface area contributed by atoms with E-state index in [1.807, 2.05) is 13.8 Å². The lowest BCUT2D eigenvalue weighted by atomic mass is 9.92. The third kappa shape index (κ3) is 1.29. The monoisotopic (exact) mass is 191 g/mol. The number of hydrogen-bond acceptors (Lipinski definition) is 3. The van der Waals surface area contributed by atoms with E-state index in [0.717, 1.165) is 12.1 Å². The molecule has 2 atom stereocenters. The van der Waals surface area contributed by atoms with Crippen LogP contribution in [-0.2, 0) is 4.74 Å². The number of fused-ring (bicyclic) bond motifs is 1. The third-order valence-corrected chi connectivity index (χ3v) is 2.71.